The molecule has 24 heavy (non-hydrogen) atoms. The predicted octanol–water partition coefficient (Wildman–Crippen LogP) is 5.62. The van der Waals surface area contributed by atoms with Crippen molar-refractivity contribution in [2.24, 2.45) is 0 Å². The Morgan fingerprint density at radius 3 is 2.29 bits per heavy atom. The molecule has 0 aliphatic carbocycles. The van der Waals surface area contributed by atoms with Crippen LogP contribution in [0.25, 0.3) is 22.3 Å². The molecule has 0 unspecified atom stereocenters. The molecule has 2 nitrogen and oxygen atoms in total. The number of rotatable bonds is 3. The summed E-state index contributed by atoms with van der Waals surface area (Å²) in [6, 6.07) is 17.2. The highest BCUT2D eigenvalue weighted by atomic mass is 19.4. The lowest BCUT2D eigenvalue weighted by Gasteiger charge is -2.14. The number of aryl methyl sites for hydroxylation is 1. The summed E-state index contributed by atoms with van der Waals surface area (Å²) < 4.78 is 41.9. The Bertz CT molecular complexity index is 859. The Kier molecular flexibility index (Phi) is 4.25. The van der Waals surface area contributed by atoms with Crippen LogP contribution in [0.4, 0.5) is 13.2 Å². The normalized spacial score (nSPS) is 11.3. The van der Waals surface area contributed by atoms with Gasteiger partial charge in [-0.25, -0.2) is 0 Å². The second kappa shape index (κ2) is 6.35. The third-order valence-corrected chi connectivity index (χ3v) is 3.52. The number of nitrogens with zero attached hydrogens (tertiary/aromatic N) is 1. The number of para-hydroxylation sites is 1. The summed E-state index contributed by atoms with van der Waals surface area (Å²) in [5.41, 5.74) is 3.78. The summed E-state index contributed by atoms with van der Waals surface area (Å²) in [6.45, 7) is 1.89. The standard InChI is InChI=1S/C19H14F3NO/c1-13-11-15(9-10-23-13)14-5-4-6-16(12-14)17-7-2-3-8-18(17)24-19(20,21)22/h2-12H,1H3. The summed E-state index contributed by atoms with van der Waals surface area (Å²) in [6.07, 6.45) is -3.02. The van der Waals surface area contributed by atoms with Crippen LogP contribution in [-0.2, 0) is 0 Å². The van der Waals surface area contributed by atoms with Crippen molar-refractivity contribution in [1.29, 1.82) is 0 Å². The van der Waals surface area contributed by atoms with Crippen molar-refractivity contribution in [2.75, 3.05) is 0 Å². The molecule has 1 heterocycles. The van der Waals surface area contributed by atoms with Crippen molar-refractivity contribution in [3.63, 3.8) is 0 Å². The third-order valence-electron chi connectivity index (χ3n) is 3.52. The molecule has 0 aliphatic heterocycles. The molecule has 0 aliphatic rings. The first-order valence-electron chi connectivity index (χ1n) is 7.31. The maximum Gasteiger partial charge on any atom is 0.573 e. The molecule has 0 radical (unpaired) electrons. The van der Waals surface area contributed by atoms with E-state index in [9.17, 15) is 13.2 Å². The van der Waals surface area contributed by atoms with Gasteiger partial charge in [-0.1, -0.05) is 36.4 Å². The van der Waals surface area contributed by atoms with E-state index in [0.717, 1.165) is 16.8 Å². The van der Waals surface area contributed by atoms with E-state index in [1.165, 1.54) is 12.1 Å². The van der Waals surface area contributed by atoms with Gasteiger partial charge in [0.25, 0.3) is 0 Å². The molecule has 5 heteroatoms. The lowest BCUT2D eigenvalue weighted by atomic mass is 9.99. The molecule has 1 aromatic heterocycles. The molecular weight excluding hydrogens is 315 g/mol. The van der Waals surface area contributed by atoms with Gasteiger partial charge in [0.05, 0.1) is 0 Å². The van der Waals surface area contributed by atoms with E-state index in [1.807, 2.05) is 37.3 Å². The van der Waals surface area contributed by atoms with Crippen molar-refractivity contribution in [3.8, 4) is 28.0 Å². The van der Waals surface area contributed by atoms with E-state index in [4.69, 9.17) is 0 Å². The molecular formula is C19H14F3NO. The summed E-state index contributed by atoms with van der Waals surface area (Å²) in [7, 11) is 0. The van der Waals surface area contributed by atoms with E-state index in [1.54, 1.807) is 24.4 Å². The summed E-state index contributed by atoms with van der Waals surface area (Å²) in [5, 5.41) is 0. The van der Waals surface area contributed by atoms with E-state index in [0.29, 0.717) is 11.1 Å². The van der Waals surface area contributed by atoms with Crippen LogP contribution >= 0.6 is 0 Å². The van der Waals surface area contributed by atoms with Crippen LogP contribution in [-0.4, -0.2) is 11.3 Å². The van der Waals surface area contributed by atoms with E-state index < -0.39 is 6.36 Å². The number of pyridine rings is 1. The molecule has 3 aromatic rings. The van der Waals surface area contributed by atoms with Gasteiger partial charge in [-0.3, -0.25) is 4.98 Å². The fourth-order valence-corrected chi connectivity index (χ4v) is 2.51. The van der Waals surface area contributed by atoms with Gasteiger partial charge < -0.3 is 4.74 Å². The van der Waals surface area contributed by atoms with Crippen LogP contribution in [0.15, 0.2) is 66.9 Å². The van der Waals surface area contributed by atoms with Gasteiger partial charge in [0.2, 0.25) is 0 Å². The highest BCUT2D eigenvalue weighted by Crippen LogP contribution is 2.35. The van der Waals surface area contributed by atoms with Gasteiger partial charge in [-0.2, -0.15) is 0 Å². The van der Waals surface area contributed by atoms with Gasteiger partial charge in [0, 0.05) is 17.5 Å². The average Bonchev–Trinajstić information content (AvgIpc) is 2.54. The quantitative estimate of drug-likeness (QED) is 0.622. The number of alkyl halides is 3. The lowest BCUT2D eigenvalue weighted by molar-refractivity contribution is -0.274. The minimum atomic E-state index is -4.73. The van der Waals surface area contributed by atoms with Crippen molar-refractivity contribution < 1.29 is 17.9 Å². The number of hydrogen-bond donors (Lipinski definition) is 0. The molecule has 2 aromatic carbocycles. The van der Waals surface area contributed by atoms with Crippen LogP contribution in [0.5, 0.6) is 5.75 Å². The average molecular weight is 329 g/mol. The van der Waals surface area contributed by atoms with Gasteiger partial charge in [0.1, 0.15) is 5.75 Å². The number of halogens is 3. The first-order chi connectivity index (χ1) is 11.4. The zero-order chi connectivity index (χ0) is 17.2. The second-order valence-corrected chi connectivity index (χ2v) is 5.31. The zero-order valence-corrected chi connectivity index (χ0v) is 12.8. The Hall–Kier alpha value is -2.82. The van der Waals surface area contributed by atoms with Gasteiger partial charge in [-0.15, -0.1) is 13.2 Å². The van der Waals surface area contributed by atoms with E-state index >= 15 is 0 Å². The van der Waals surface area contributed by atoms with Crippen molar-refractivity contribution in [2.45, 2.75) is 13.3 Å². The van der Waals surface area contributed by atoms with Crippen LogP contribution in [0, 0.1) is 6.92 Å². The maximum absolute atomic E-state index is 12.6. The largest absolute Gasteiger partial charge is 0.573 e. The summed E-state index contributed by atoms with van der Waals surface area (Å²) >= 11 is 0. The minimum absolute atomic E-state index is 0.215. The molecule has 0 amide bonds. The van der Waals surface area contributed by atoms with Crippen LogP contribution < -0.4 is 4.74 Å². The number of hydrogen-bond acceptors (Lipinski definition) is 2. The van der Waals surface area contributed by atoms with E-state index in [-0.39, 0.29) is 5.75 Å². The number of ether oxygens (including phenoxy) is 1. The highest BCUT2D eigenvalue weighted by Gasteiger charge is 2.32. The molecule has 0 fully saturated rings. The van der Waals surface area contributed by atoms with Gasteiger partial charge in [0.15, 0.2) is 0 Å². The predicted molar refractivity (Wildman–Crippen MR) is 86.5 cm³/mol. The van der Waals surface area contributed by atoms with Crippen molar-refractivity contribution >= 4 is 0 Å². The number of benzene rings is 2. The van der Waals surface area contributed by atoms with E-state index in [2.05, 4.69) is 9.72 Å². The number of aromatic nitrogens is 1. The molecule has 0 bridgehead atoms. The molecule has 3 rings (SSSR count). The Labute approximate surface area is 137 Å². The summed E-state index contributed by atoms with van der Waals surface area (Å²) in [5.74, 6) is -0.215. The summed E-state index contributed by atoms with van der Waals surface area (Å²) in [4.78, 5) is 4.16. The monoisotopic (exact) mass is 329 g/mol. The van der Waals surface area contributed by atoms with Crippen LogP contribution in [0.2, 0.25) is 0 Å². The molecule has 0 saturated carbocycles. The van der Waals surface area contributed by atoms with Crippen molar-refractivity contribution in [3.05, 3.63) is 72.6 Å². The Morgan fingerprint density at radius 1 is 0.833 bits per heavy atom. The minimum Gasteiger partial charge on any atom is -0.405 e. The van der Waals surface area contributed by atoms with Gasteiger partial charge >= 0.3 is 6.36 Å². The highest BCUT2D eigenvalue weighted by molar-refractivity contribution is 5.76. The molecule has 0 saturated heterocycles. The lowest BCUT2D eigenvalue weighted by Crippen LogP contribution is -2.17. The molecule has 0 spiro atoms. The maximum atomic E-state index is 12.6. The molecule has 0 N–H and O–H groups in total. The molecule has 122 valence electrons. The first kappa shape index (κ1) is 16.1. The topological polar surface area (TPSA) is 22.1 Å². The molecule has 0 atom stereocenters. The van der Waals surface area contributed by atoms with Crippen LogP contribution in [0.1, 0.15) is 5.69 Å². The van der Waals surface area contributed by atoms with Gasteiger partial charge in [-0.05, 0) is 47.9 Å². The fourth-order valence-electron chi connectivity index (χ4n) is 2.51. The smallest absolute Gasteiger partial charge is 0.405 e. The first-order valence-corrected chi connectivity index (χ1v) is 7.31. The van der Waals surface area contributed by atoms with Crippen LogP contribution in [0.3, 0.4) is 0 Å². The fraction of sp³-hybridized carbons (Fsp3) is 0.105. The van der Waals surface area contributed by atoms with Crippen molar-refractivity contribution in [1.82, 2.24) is 4.98 Å². The SMILES string of the molecule is Cc1cc(-c2cccc(-c3ccccc3OC(F)(F)F)c2)ccn1. The Morgan fingerprint density at radius 2 is 1.54 bits per heavy atom. The third kappa shape index (κ3) is 3.74. The Balaban J connectivity index is 2.04. The second-order valence-electron chi connectivity index (χ2n) is 5.31. The zero-order valence-electron chi connectivity index (χ0n) is 12.8.